The number of nitrogens with one attached hydrogen (secondary N) is 1. The number of carbonyl (C=O) groups is 1. The fourth-order valence-electron chi connectivity index (χ4n) is 2.55. The molecule has 0 atom stereocenters. The summed E-state index contributed by atoms with van der Waals surface area (Å²) in [5, 5.41) is 6.05. The molecule has 1 N–H and O–H groups in total. The van der Waals surface area contributed by atoms with Crippen molar-refractivity contribution in [3.63, 3.8) is 0 Å². The normalized spacial score (nSPS) is 11.1. The molecule has 0 aliphatic rings. The third-order valence-electron chi connectivity index (χ3n) is 4.04. The number of carbonyl (C=O) groups excluding carboxylic acids is 1. The first-order valence-electron chi connectivity index (χ1n) is 8.94. The number of halogens is 5. The van der Waals surface area contributed by atoms with Crippen LogP contribution in [0.2, 0.25) is 0 Å². The molecule has 0 fully saturated rings. The first-order chi connectivity index (χ1) is 14.6. The monoisotopic (exact) mass is 442 g/mol. The Balaban J connectivity index is 0.000000262. The number of rotatable bonds is 5. The highest BCUT2D eigenvalue weighted by Crippen LogP contribution is 2.28. The summed E-state index contributed by atoms with van der Waals surface area (Å²) in [6.45, 7) is 1.88. The highest BCUT2D eigenvalue weighted by Gasteiger charge is 2.39. The van der Waals surface area contributed by atoms with E-state index in [1.165, 1.54) is 0 Å². The number of hydrogen-bond donors (Lipinski definition) is 1. The van der Waals surface area contributed by atoms with Crippen molar-refractivity contribution >= 4 is 6.29 Å². The molecule has 0 unspecified atom stereocenters. The predicted octanol–water partition coefficient (Wildman–Crippen LogP) is 3.24. The number of aromatic nitrogens is 3. The molecule has 1 aromatic heterocycles. The quantitative estimate of drug-likeness (QED) is 0.487. The molecule has 1 heterocycles. The van der Waals surface area contributed by atoms with Crippen molar-refractivity contribution in [2.75, 3.05) is 7.05 Å². The van der Waals surface area contributed by atoms with Gasteiger partial charge in [0.05, 0.1) is 5.69 Å². The molecular formula is C20H19F5N4O2. The summed E-state index contributed by atoms with van der Waals surface area (Å²) in [5.74, 6) is -2.26. The fourth-order valence-corrected chi connectivity index (χ4v) is 2.55. The minimum atomic E-state index is -4.89. The molecule has 166 valence electrons. The van der Waals surface area contributed by atoms with Gasteiger partial charge in [-0.05, 0) is 55.4 Å². The molecule has 0 saturated heterocycles. The summed E-state index contributed by atoms with van der Waals surface area (Å²) in [4.78, 5) is 22.2. The Morgan fingerprint density at radius 3 is 2.26 bits per heavy atom. The second-order valence-electron chi connectivity index (χ2n) is 6.38. The van der Waals surface area contributed by atoms with Gasteiger partial charge in [-0.3, -0.25) is 0 Å². The lowest BCUT2D eigenvalue weighted by molar-refractivity contribution is -0.146. The standard InChI is InChI=1S/C11H7F4N3O2.C9H12FN/c12-7-1-3-8(4-2-7)18-9(11(13,14)15)16-17(5-6-19)10(18)20;1-7-3-4-8(6-11-2)5-9(7)10/h1-4,6H,5H2;3-5,11H,6H2,1-2H3. The maximum absolute atomic E-state index is 12.9. The molecule has 11 heteroatoms. The van der Waals surface area contributed by atoms with Crippen molar-refractivity contribution in [3.8, 4) is 5.69 Å². The SMILES string of the molecule is CNCc1ccc(C)c(F)c1.O=CCn1nc(C(F)(F)F)n(-c2ccc(F)cc2)c1=O. The first-order valence-corrected chi connectivity index (χ1v) is 8.94. The van der Waals surface area contributed by atoms with Crippen molar-refractivity contribution in [2.24, 2.45) is 0 Å². The van der Waals surface area contributed by atoms with Crippen molar-refractivity contribution in [1.29, 1.82) is 0 Å². The molecule has 31 heavy (non-hydrogen) atoms. The number of aldehydes is 1. The second kappa shape index (κ2) is 10.1. The summed E-state index contributed by atoms with van der Waals surface area (Å²) < 4.78 is 64.9. The molecule has 0 aliphatic carbocycles. The largest absolute Gasteiger partial charge is 0.452 e. The van der Waals surface area contributed by atoms with Crippen molar-refractivity contribution in [1.82, 2.24) is 19.7 Å². The highest BCUT2D eigenvalue weighted by atomic mass is 19.4. The zero-order chi connectivity index (χ0) is 23.2. The Bertz CT molecular complexity index is 1090. The molecule has 0 amide bonds. The van der Waals surface area contributed by atoms with Gasteiger partial charge in [0, 0.05) is 6.54 Å². The smallest absolute Gasteiger partial charge is 0.316 e. The van der Waals surface area contributed by atoms with E-state index in [1.54, 1.807) is 19.1 Å². The van der Waals surface area contributed by atoms with E-state index in [1.807, 2.05) is 13.1 Å². The zero-order valence-electron chi connectivity index (χ0n) is 16.6. The van der Waals surface area contributed by atoms with Gasteiger partial charge in [-0.2, -0.15) is 13.2 Å². The fraction of sp³-hybridized carbons (Fsp3) is 0.250. The van der Waals surface area contributed by atoms with Gasteiger partial charge in [-0.25, -0.2) is 22.8 Å². The van der Waals surface area contributed by atoms with E-state index in [-0.39, 0.29) is 22.4 Å². The Morgan fingerprint density at radius 2 is 1.74 bits per heavy atom. The average molecular weight is 442 g/mol. The summed E-state index contributed by atoms with van der Waals surface area (Å²) in [6, 6.07) is 9.14. The predicted molar refractivity (Wildman–Crippen MR) is 103 cm³/mol. The number of benzene rings is 2. The third-order valence-corrected chi connectivity index (χ3v) is 4.04. The zero-order valence-corrected chi connectivity index (χ0v) is 16.6. The van der Waals surface area contributed by atoms with Gasteiger partial charge >= 0.3 is 11.9 Å². The summed E-state index contributed by atoms with van der Waals surface area (Å²) in [7, 11) is 1.85. The Kier molecular flexibility index (Phi) is 7.81. The van der Waals surface area contributed by atoms with Crippen LogP contribution in [0.1, 0.15) is 17.0 Å². The molecule has 0 saturated carbocycles. The minimum absolute atomic E-state index is 0.127. The van der Waals surface area contributed by atoms with E-state index in [9.17, 15) is 31.5 Å². The number of aryl methyl sites for hydroxylation is 1. The minimum Gasteiger partial charge on any atom is -0.316 e. The van der Waals surface area contributed by atoms with Gasteiger partial charge in [0.1, 0.15) is 24.5 Å². The van der Waals surface area contributed by atoms with Gasteiger partial charge in [0.15, 0.2) is 0 Å². The van der Waals surface area contributed by atoms with Crippen LogP contribution in [0.4, 0.5) is 22.0 Å². The van der Waals surface area contributed by atoms with E-state index in [0.29, 0.717) is 10.2 Å². The number of alkyl halides is 3. The van der Waals surface area contributed by atoms with Crippen LogP contribution >= 0.6 is 0 Å². The van der Waals surface area contributed by atoms with Gasteiger partial charge < -0.3 is 10.1 Å². The Hall–Kier alpha value is -3.34. The van der Waals surface area contributed by atoms with E-state index in [0.717, 1.165) is 36.4 Å². The number of nitrogens with zero attached hydrogens (tertiary/aromatic N) is 3. The van der Waals surface area contributed by atoms with Crippen LogP contribution in [-0.2, 0) is 24.1 Å². The van der Waals surface area contributed by atoms with Crippen LogP contribution in [0.25, 0.3) is 5.69 Å². The molecule has 0 spiro atoms. The molecule has 3 aromatic rings. The molecule has 2 aromatic carbocycles. The lowest BCUT2D eigenvalue weighted by atomic mass is 10.1. The van der Waals surface area contributed by atoms with Crippen LogP contribution in [0.15, 0.2) is 47.3 Å². The van der Waals surface area contributed by atoms with E-state index < -0.39 is 30.1 Å². The maximum Gasteiger partial charge on any atom is 0.452 e. The summed E-state index contributed by atoms with van der Waals surface area (Å²) in [6.07, 6.45) is -4.63. The molecule has 6 nitrogen and oxygen atoms in total. The van der Waals surface area contributed by atoms with Crippen molar-refractivity contribution < 1.29 is 26.7 Å². The van der Waals surface area contributed by atoms with Crippen LogP contribution in [0, 0.1) is 18.6 Å². The average Bonchev–Trinajstić information content (AvgIpc) is 3.03. The lowest BCUT2D eigenvalue weighted by Gasteiger charge is -2.07. The number of hydrogen-bond acceptors (Lipinski definition) is 4. The van der Waals surface area contributed by atoms with Crippen LogP contribution in [0.3, 0.4) is 0 Å². The van der Waals surface area contributed by atoms with E-state index in [4.69, 9.17) is 0 Å². The lowest BCUT2D eigenvalue weighted by Crippen LogP contribution is -2.26. The van der Waals surface area contributed by atoms with E-state index >= 15 is 0 Å². The van der Waals surface area contributed by atoms with E-state index in [2.05, 4.69) is 10.4 Å². The summed E-state index contributed by atoms with van der Waals surface area (Å²) in [5.41, 5.74) is 0.359. The molecule has 3 rings (SSSR count). The molecule has 0 bridgehead atoms. The van der Waals surface area contributed by atoms with Crippen LogP contribution < -0.4 is 11.0 Å². The second-order valence-corrected chi connectivity index (χ2v) is 6.38. The van der Waals surface area contributed by atoms with Gasteiger partial charge in [-0.15, -0.1) is 5.10 Å². The van der Waals surface area contributed by atoms with Crippen molar-refractivity contribution in [2.45, 2.75) is 26.2 Å². The Labute approximate surface area is 173 Å². The molecule has 0 aliphatic heterocycles. The first kappa shape index (κ1) is 23.9. The topological polar surface area (TPSA) is 68.9 Å². The third kappa shape index (κ3) is 6.07. The summed E-state index contributed by atoms with van der Waals surface area (Å²) >= 11 is 0. The molecular weight excluding hydrogens is 423 g/mol. The van der Waals surface area contributed by atoms with Gasteiger partial charge in [0.25, 0.3) is 0 Å². The van der Waals surface area contributed by atoms with Crippen LogP contribution in [-0.4, -0.2) is 27.7 Å². The maximum atomic E-state index is 12.9. The Morgan fingerprint density at radius 1 is 1.10 bits per heavy atom. The van der Waals surface area contributed by atoms with Crippen LogP contribution in [0.5, 0.6) is 0 Å². The van der Waals surface area contributed by atoms with Crippen molar-refractivity contribution in [3.05, 3.63) is 81.5 Å². The highest BCUT2D eigenvalue weighted by molar-refractivity contribution is 5.48. The van der Waals surface area contributed by atoms with Gasteiger partial charge in [0.2, 0.25) is 5.82 Å². The van der Waals surface area contributed by atoms with Gasteiger partial charge in [-0.1, -0.05) is 12.1 Å². The molecule has 0 radical (unpaired) electrons.